The van der Waals surface area contributed by atoms with Crippen LogP contribution >= 0.6 is 11.6 Å². The molecule has 42 heavy (non-hydrogen) atoms. The molecule has 1 N–H and O–H groups in total. The molecule has 1 saturated heterocycles. The Balaban J connectivity index is 1.11. The third-order valence-electron chi connectivity index (χ3n) is 8.81. The maximum Gasteiger partial charge on any atom is 0.224 e. The fourth-order valence-corrected chi connectivity index (χ4v) is 6.81. The number of aliphatic imine (C=N–C) groups is 1. The molecule has 4 heterocycles. The van der Waals surface area contributed by atoms with E-state index < -0.39 is 0 Å². The van der Waals surface area contributed by atoms with E-state index in [0.29, 0.717) is 35.4 Å². The number of piperazine rings is 1. The second-order valence-electron chi connectivity index (χ2n) is 11.2. The summed E-state index contributed by atoms with van der Waals surface area (Å²) >= 11 is 6.76. The molecule has 1 saturated carbocycles. The minimum atomic E-state index is 0.463. The van der Waals surface area contributed by atoms with Gasteiger partial charge in [-0.3, -0.25) is 9.30 Å². The Kier molecular flexibility index (Phi) is 7.33. The number of rotatable bonds is 5. The van der Waals surface area contributed by atoms with Crippen molar-refractivity contribution in [2.45, 2.75) is 44.7 Å². The molecule has 0 bridgehead atoms. The summed E-state index contributed by atoms with van der Waals surface area (Å²) in [6.45, 7) is 4.92. The molecule has 4 aliphatic rings. The molecule has 0 atom stereocenters. The first-order valence-electron chi connectivity index (χ1n) is 14.6. The first-order valence-corrected chi connectivity index (χ1v) is 15.0. The molecule has 3 aromatic rings. The molecule has 0 radical (unpaired) electrons. The fourth-order valence-electron chi connectivity index (χ4n) is 6.51. The zero-order valence-electron chi connectivity index (χ0n) is 24.0. The van der Waals surface area contributed by atoms with Crippen molar-refractivity contribution >= 4 is 40.2 Å². The van der Waals surface area contributed by atoms with Crippen LogP contribution in [0, 0.1) is 0 Å². The van der Waals surface area contributed by atoms with Gasteiger partial charge in [-0.1, -0.05) is 24.4 Å². The number of fused-ring (bicyclic) bond motifs is 3. The summed E-state index contributed by atoms with van der Waals surface area (Å²) in [5.74, 6) is 1.86. The summed E-state index contributed by atoms with van der Waals surface area (Å²) in [6, 6.07) is 11.4. The number of nitrogens with one attached hydrogen (secondary N) is 1. The molecule has 2 aliphatic heterocycles. The van der Waals surface area contributed by atoms with Crippen molar-refractivity contribution in [3.8, 4) is 0 Å². The second-order valence-corrected chi connectivity index (χ2v) is 11.5. The molecule has 2 fully saturated rings. The van der Waals surface area contributed by atoms with E-state index in [1.54, 1.807) is 20.5 Å². The lowest BCUT2D eigenvalue weighted by molar-refractivity contribution is 0.187. The number of anilines is 2. The van der Waals surface area contributed by atoms with Gasteiger partial charge in [0.15, 0.2) is 5.65 Å². The number of nitrogens with zero attached hydrogens (tertiary/aromatic N) is 7. The van der Waals surface area contributed by atoms with Gasteiger partial charge in [0, 0.05) is 66.9 Å². The largest absolute Gasteiger partial charge is 0.501 e. The Morgan fingerprint density at radius 3 is 2.52 bits per heavy atom. The summed E-state index contributed by atoms with van der Waals surface area (Å²) in [5, 5.41) is 13.4. The summed E-state index contributed by atoms with van der Waals surface area (Å²) in [6.07, 6.45) is 9.53. The van der Waals surface area contributed by atoms with E-state index in [1.165, 1.54) is 31.4 Å². The molecule has 2 aliphatic carbocycles. The minimum Gasteiger partial charge on any atom is -0.501 e. The fraction of sp³-hybridized carbons (Fsp3) is 0.419. The summed E-state index contributed by atoms with van der Waals surface area (Å²) in [4.78, 5) is 14.8. The van der Waals surface area contributed by atoms with Crippen molar-refractivity contribution in [1.29, 1.82) is 0 Å². The van der Waals surface area contributed by atoms with Crippen molar-refractivity contribution < 1.29 is 9.47 Å². The highest BCUT2D eigenvalue weighted by atomic mass is 35.5. The first kappa shape index (κ1) is 27.0. The molecule has 218 valence electrons. The summed E-state index contributed by atoms with van der Waals surface area (Å²) in [7, 11) is 3.24. The van der Waals surface area contributed by atoms with Crippen molar-refractivity contribution in [1.82, 2.24) is 19.5 Å². The van der Waals surface area contributed by atoms with Gasteiger partial charge in [0.25, 0.3) is 0 Å². The highest BCUT2D eigenvalue weighted by Gasteiger charge is 2.26. The van der Waals surface area contributed by atoms with Crippen molar-refractivity contribution in [3.05, 3.63) is 75.6 Å². The molecule has 1 aromatic carbocycles. The highest BCUT2D eigenvalue weighted by molar-refractivity contribution is 6.36. The number of hydrogen-bond acceptors (Lipinski definition) is 9. The number of halogens is 1. The van der Waals surface area contributed by atoms with Gasteiger partial charge in [-0.2, -0.15) is 4.99 Å². The number of guanidine groups is 1. The van der Waals surface area contributed by atoms with Crippen LogP contribution in [0.3, 0.4) is 0 Å². The maximum atomic E-state index is 6.76. The van der Waals surface area contributed by atoms with Gasteiger partial charge in [0.1, 0.15) is 23.3 Å². The van der Waals surface area contributed by atoms with Crippen LogP contribution in [0.4, 0.5) is 11.4 Å². The monoisotopic (exact) mass is 586 g/mol. The molecular formula is C31H35ClN8O2. The van der Waals surface area contributed by atoms with Crippen LogP contribution in [0.1, 0.15) is 37.7 Å². The van der Waals surface area contributed by atoms with Gasteiger partial charge in [-0.05, 0) is 48.7 Å². The Labute approximate surface area is 249 Å². The van der Waals surface area contributed by atoms with E-state index in [0.717, 1.165) is 65.5 Å². The van der Waals surface area contributed by atoms with Gasteiger partial charge in [0.2, 0.25) is 5.96 Å². The number of ether oxygens (including phenoxy) is 2. The zero-order valence-corrected chi connectivity index (χ0v) is 24.8. The van der Waals surface area contributed by atoms with Crippen LogP contribution in [0.15, 0.2) is 69.3 Å². The lowest BCUT2D eigenvalue weighted by atomic mass is 10.0. The average Bonchev–Trinajstić information content (AvgIpc) is 3.75. The van der Waals surface area contributed by atoms with E-state index in [-0.39, 0.29) is 0 Å². The Bertz CT molecular complexity index is 1710. The number of hydrogen-bond donors (Lipinski definition) is 1. The van der Waals surface area contributed by atoms with Crippen LogP contribution in [-0.2, 0) is 16.0 Å². The van der Waals surface area contributed by atoms with Gasteiger partial charge < -0.3 is 19.7 Å². The lowest BCUT2D eigenvalue weighted by Gasteiger charge is -2.39. The predicted octanol–water partition coefficient (Wildman–Crippen LogP) is 3.58. The van der Waals surface area contributed by atoms with E-state index >= 15 is 0 Å². The van der Waals surface area contributed by atoms with Gasteiger partial charge in [-0.25, -0.2) is 4.99 Å². The van der Waals surface area contributed by atoms with Crippen molar-refractivity contribution in [2.75, 3.05) is 50.6 Å². The molecule has 2 aromatic heterocycles. The van der Waals surface area contributed by atoms with Crippen LogP contribution < -0.4 is 20.9 Å². The van der Waals surface area contributed by atoms with E-state index in [2.05, 4.69) is 49.6 Å². The molecule has 10 nitrogen and oxygen atoms in total. The summed E-state index contributed by atoms with van der Waals surface area (Å²) < 4.78 is 12.9. The normalized spacial score (nSPS) is 21.2. The van der Waals surface area contributed by atoms with Crippen LogP contribution in [0.25, 0.3) is 11.2 Å². The first-order chi connectivity index (χ1) is 20.6. The third-order valence-corrected chi connectivity index (χ3v) is 9.22. The predicted molar refractivity (Wildman–Crippen MR) is 164 cm³/mol. The topological polar surface area (TPSA) is 91.9 Å². The Morgan fingerprint density at radius 2 is 1.79 bits per heavy atom. The number of benzene rings is 1. The van der Waals surface area contributed by atoms with Gasteiger partial charge in [0.05, 0.1) is 25.8 Å². The molecule has 7 rings (SSSR count). The molecule has 11 heteroatoms. The number of allylic oxidation sites excluding steroid dienone is 3. The Hall–Kier alpha value is -3.89. The second kappa shape index (κ2) is 11.4. The zero-order chi connectivity index (χ0) is 28.6. The number of methoxy groups -OCH3 is 2. The summed E-state index contributed by atoms with van der Waals surface area (Å²) in [5.41, 5.74) is 5.44. The molecular weight excluding hydrogens is 552 g/mol. The van der Waals surface area contributed by atoms with E-state index in [9.17, 15) is 0 Å². The standard InChI is InChI=1S/C31H35ClN8O2/c1-41-24-16-25(28(32)27(17-24)42-2)26-15-20-18-33-31(36-29(20)40-19-34-37-30(26)40)35-21-7-9-23(10-8-21)39-13-11-38(12-14-39)22-5-3-4-6-22/h7-10,15,17,19,22H,3-6,11-14,16,18H2,1-2H3,(H,33,35). The SMILES string of the molecule is COC1=CC(OC)=C(Cl)C(=c2cc3c(n4cnnc24)=NC(Nc2ccc(N4CCN(C5CCCC5)CC4)cc2)=NC3)C1. The minimum absolute atomic E-state index is 0.463. The van der Waals surface area contributed by atoms with Crippen molar-refractivity contribution in [2.24, 2.45) is 9.98 Å². The lowest BCUT2D eigenvalue weighted by Crippen LogP contribution is -2.49. The number of aromatic nitrogens is 3. The van der Waals surface area contributed by atoms with E-state index in [4.69, 9.17) is 31.1 Å². The third kappa shape index (κ3) is 5.03. The molecule has 0 spiro atoms. The molecule has 0 amide bonds. The molecule has 0 unspecified atom stereocenters. The van der Waals surface area contributed by atoms with Gasteiger partial charge >= 0.3 is 0 Å². The van der Waals surface area contributed by atoms with Crippen LogP contribution in [0.5, 0.6) is 0 Å². The van der Waals surface area contributed by atoms with Gasteiger partial charge in [-0.15, -0.1) is 10.2 Å². The average molecular weight is 587 g/mol. The number of pyridine rings is 1. The van der Waals surface area contributed by atoms with Crippen LogP contribution in [0.2, 0.25) is 0 Å². The smallest absolute Gasteiger partial charge is 0.224 e. The highest BCUT2D eigenvalue weighted by Crippen LogP contribution is 2.33. The quantitative estimate of drug-likeness (QED) is 0.489. The van der Waals surface area contributed by atoms with Crippen molar-refractivity contribution in [3.63, 3.8) is 0 Å². The van der Waals surface area contributed by atoms with Crippen LogP contribution in [-0.4, -0.2) is 71.9 Å². The Morgan fingerprint density at radius 1 is 1.00 bits per heavy atom. The maximum absolute atomic E-state index is 6.76. The van der Waals surface area contributed by atoms with E-state index in [1.807, 2.05) is 16.5 Å².